The van der Waals surface area contributed by atoms with Crippen molar-refractivity contribution in [3.63, 3.8) is 0 Å². The number of unbranched alkanes of at least 4 members (excludes halogenated alkanes) is 1. The number of allylic oxidation sites excluding steroid dienone is 3. The van der Waals surface area contributed by atoms with E-state index in [0.717, 1.165) is 60.4 Å². The monoisotopic (exact) mass is 909 g/mol. The number of aliphatic hydroxyl groups excluding tert-OH is 4. The van der Waals surface area contributed by atoms with E-state index in [1.807, 2.05) is 69.3 Å². The number of benzene rings is 1. The van der Waals surface area contributed by atoms with Crippen molar-refractivity contribution in [1.82, 2.24) is 14.8 Å². The number of esters is 1. The van der Waals surface area contributed by atoms with Gasteiger partial charge in [-0.1, -0.05) is 63.6 Å². The number of fused-ring (bicyclic) bond motifs is 1. The number of piperidine rings is 1. The predicted molar refractivity (Wildman–Crippen MR) is 253 cm³/mol. The molecule has 4 heterocycles. The summed E-state index contributed by atoms with van der Waals surface area (Å²) in [5, 5.41) is 51.0. The molecule has 0 saturated carbocycles. The summed E-state index contributed by atoms with van der Waals surface area (Å²) in [5.74, 6) is -0.0880. The van der Waals surface area contributed by atoms with Crippen molar-refractivity contribution in [2.45, 2.75) is 142 Å². The van der Waals surface area contributed by atoms with E-state index in [1.165, 1.54) is 6.42 Å². The van der Waals surface area contributed by atoms with Gasteiger partial charge in [0.15, 0.2) is 6.29 Å². The molecular weight excluding hydrogens is 829 g/mol. The number of hydrogen-bond donors (Lipinski definition) is 4. The quantitative estimate of drug-likeness (QED) is 0.0880. The van der Waals surface area contributed by atoms with E-state index in [4.69, 9.17) is 28.9 Å². The first kappa shape index (κ1) is 52.5. The molecule has 0 amide bonds. The molecule has 2 fully saturated rings. The van der Waals surface area contributed by atoms with E-state index < -0.39 is 66.8 Å². The van der Waals surface area contributed by atoms with Gasteiger partial charge in [-0.3, -0.25) is 9.78 Å². The summed E-state index contributed by atoms with van der Waals surface area (Å²) in [4.78, 5) is 28.3. The zero-order valence-corrected chi connectivity index (χ0v) is 40.5. The molecule has 3 aliphatic heterocycles. The Morgan fingerprint density at radius 2 is 1.71 bits per heavy atom. The molecule has 5 rings (SSSR count). The van der Waals surface area contributed by atoms with Gasteiger partial charge in [0.25, 0.3) is 0 Å². The summed E-state index contributed by atoms with van der Waals surface area (Å²) in [7, 11) is 3.61. The summed E-state index contributed by atoms with van der Waals surface area (Å²) in [5.41, 5.74) is 2.51. The Balaban J connectivity index is 1.44. The van der Waals surface area contributed by atoms with Crippen molar-refractivity contribution in [2.75, 3.05) is 53.6 Å². The molecule has 0 radical (unpaired) electrons. The molecule has 4 N–H and O–H groups in total. The van der Waals surface area contributed by atoms with Gasteiger partial charge in [0, 0.05) is 42.4 Å². The Kier molecular flexibility index (Phi) is 20.7. The smallest absolute Gasteiger partial charge is 0.308 e. The lowest BCUT2D eigenvalue weighted by molar-refractivity contribution is -0.304. The normalized spacial score (nSPS) is 35.7. The number of oxime groups is 1. The molecule has 0 bridgehead atoms. The first-order valence-corrected chi connectivity index (χ1v) is 24.2. The summed E-state index contributed by atoms with van der Waals surface area (Å²) < 4.78 is 25.2. The van der Waals surface area contributed by atoms with Gasteiger partial charge in [0.2, 0.25) is 0 Å². The Morgan fingerprint density at radius 3 is 2.42 bits per heavy atom. The van der Waals surface area contributed by atoms with Crippen LogP contribution in [0.15, 0.2) is 65.5 Å². The molecule has 14 heteroatoms. The third kappa shape index (κ3) is 15.3. The lowest BCUT2D eigenvalue weighted by Gasteiger charge is -2.47. The second-order valence-corrected chi connectivity index (χ2v) is 19.6. The molecule has 2 aromatic rings. The van der Waals surface area contributed by atoms with Crippen LogP contribution < -0.4 is 4.74 Å². The molecule has 1 aromatic heterocycles. The lowest BCUT2D eigenvalue weighted by atomic mass is 9.79. The SMILES string of the molecule is CC[C@H]1OC(=O)C[C@@H](O)C(C)[C@@H](O[C@H]2O[C@@H](C)[C@H](O)[C@@H](N(C)C)[C@@H]2O)[C@@H](CCN2CC(C)CC(C)C2)C[C@@H](C)C(=N/OCCCCOc2ccc3ncccc3c2)/C=C/C(C)=C/C1CO. The maximum Gasteiger partial charge on any atom is 0.308 e. The van der Waals surface area contributed by atoms with Gasteiger partial charge in [-0.15, -0.1) is 0 Å². The number of aromatic nitrogens is 1. The molecule has 1 aromatic carbocycles. The van der Waals surface area contributed by atoms with Crippen LogP contribution in [0.1, 0.15) is 93.4 Å². The van der Waals surface area contributed by atoms with Gasteiger partial charge in [-0.05, 0) is 121 Å². The van der Waals surface area contributed by atoms with Crippen molar-refractivity contribution in [3.8, 4) is 5.75 Å². The maximum atomic E-state index is 13.6. The first-order chi connectivity index (χ1) is 31.1. The van der Waals surface area contributed by atoms with E-state index >= 15 is 0 Å². The number of rotatable bonds is 15. The third-order valence-corrected chi connectivity index (χ3v) is 13.6. The molecule has 14 atom stereocenters. The zero-order chi connectivity index (χ0) is 47.2. The fourth-order valence-corrected chi connectivity index (χ4v) is 10.0. The van der Waals surface area contributed by atoms with E-state index in [1.54, 1.807) is 32.1 Å². The zero-order valence-electron chi connectivity index (χ0n) is 40.5. The Labute approximate surface area is 388 Å². The minimum absolute atomic E-state index is 0.160. The number of nitrogens with zero attached hydrogens (tertiary/aromatic N) is 4. The fraction of sp³-hybridized carbons (Fsp3) is 0.706. The Morgan fingerprint density at radius 1 is 0.969 bits per heavy atom. The van der Waals surface area contributed by atoms with Crippen LogP contribution in [0.5, 0.6) is 5.75 Å². The predicted octanol–water partition coefficient (Wildman–Crippen LogP) is 6.39. The average Bonchev–Trinajstić information content (AvgIpc) is 3.26. The molecular formula is C51H80N4O10. The highest BCUT2D eigenvalue weighted by atomic mass is 16.7. The number of carbonyl (C=O) groups excluding carboxylic acids is 1. The molecule has 4 unspecified atom stereocenters. The number of likely N-dealkylation sites (tertiary alicyclic amines) is 1. The van der Waals surface area contributed by atoms with Crippen LogP contribution >= 0.6 is 0 Å². The second kappa shape index (κ2) is 25.6. The van der Waals surface area contributed by atoms with Gasteiger partial charge in [-0.2, -0.15) is 0 Å². The molecule has 65 heavy (non-hydrogen) atoms. The van der Waals surface area contributed by atoms with Gasteiger partial charge in [-0.25, -0.2) is 0 Å². The van der Waals surface area contributed by atoms with Crippen molar-refractivity contribution >= 4 is 22.6 Å². The minimum Gasteiger partial charge on any atom is -0.494 e. The van der Waals surface area contributed by atoms with Crippen LogP contribution in [-0.2, 0) is 23.8 Å². The molecule has 3 aliphatic rings. The number of hydrogen-bond acceptors (Lipinski definition) is 14. The van der Waals surface area contributed by atoms with Crippen molar-refractivity contribution in [3.05, 3.63) is 60.3 Å². The molecule has 0 spiro atoms. The number of pyridine rings is 1. The van der Waals surface area contributed by atoms with Crippen LogP contribution in [0.3, 0.4) is 0 Å². The first-order valence-electron chi connectivity index (χ1n) is 24.2. The van der Waals surface area contributed by atoms with Crippen molar-refractivity contribution < 1.29 is 49.0 Å². The number of carbonyl (C=O) groups is 1. The summed E-state index contributed by atoms with van der Waals surface area (Å²) in [6, 6.07) is 9.16. The summed E-state index contributed by atoms with van der Waals surface area (Å²) >= 11 is 0. The summed E-state index contributed by atoms with van der Waals surface area (Å²) in [6.07, 6.45) is 5.36. The highest BCUT2D eigenvalue weighted by Gasteiger charge is 2.47. The topological polar surface area (TPSA) is 176 Å². The number of aliphatic hydroxyl groups is 4. The Hall–Kier alpha value is -3.47. The standard InChI is InChI=1S/C51H80N4O10/c1-10-45-40(31-56)25-32(2)15-17-42(53-62-23-12-11-22-61-41-16-18-43-38(27-41)14-13-20-52-43)35(5)26-39(19-21-55-29-33(3)24-34(4)30-55)50(36(6)44(57)28-46(58)64-45)65-51-49(60)47(54(8)9)48(59)37(7)63-51/h13-18,20,25,27,33-37,39-40,44-45,47-51,56-57,59-60H,10-12,19,21-24,26,28-31H2,1-9H3/b17-15+,32-25+,53-42+/t33?,34?,35-,36?,37+,39+,40?,44-,45-,47-,48+,49+,50-,51-/m1/s1. The second-order valence-electron chi connectivity index (χ2n) is 19.6. The highest BCUT2D eigenvalue weighted by molar-refractivity contribution is 5.96. The van der Waals surface area contributed by atoms with Crippen molar-refractivity contribution in [2.24, 2.45) is 40.7 Å². The van der Waals surface area contributed by atoms with Crippen LogP contribution in [-0.4, -0.2) is 149 Å². The number of ether oxygens (including phenoxy) is 4. The van der Waals surface area contributed by atoms with Crippen LogP contribution in [0, 0.1) is 35.5 Å². The minimum atomic E-state index is -1.20. The molecule has 14 nitrogen and oxygen atoms in total. The van der Waals surface area contributed by atoms with Gasteiger partial charge >= 0.3 is 5.97 Å². The lowest BCUT2D eigenvalue weighted by Crippen LogP contribution is -2.63. The number of cyclic esters (lactones) is 1. The van der Waals surface area contributed by atoms with Crippen LogP contribution in [0.4, 0.5) is 0 Å². The van der Waals surface area contributed by atoms with Gasteiger partial charge < -0.3 is 54.0 Å². The molecule has 2 saturated heterocycles. The van der Waals surface area contributed by atoms with Crippen LogP contribution in [0.2, 0.25) is 0 Å². The average molecular weight is 909 g/mol. The van der Waals surface area contributed by atoms with Crippen LogP contribution in [0.25, 0.3) is 10.9 Å². The fourth-order valence-electron chi connectivity index (χ4n) is 10.0. The van der Waals surface area contributed by atoms with E-state index in [-0.39, 0.29) is 24.9 Å². The van der Waals surface area contributed by atoms with E-state index in [0.29, 0.717) is 44.3 Å². The number of likely N-dealkylation sites (N-methyl/N-ethyl adjacent to an activating group) is 1. The highest BCUT2D eigenvalue weighted by Crippen LogP contribution is 2.36. The Bertz CT molecular complexity index is 1850. The van der Waals surface area contributed by atoms with Gasteiger partial charge in [0.05, 0.1) is 61.3 Å². The summed E-state index contributed by atoms with van der Waals surface area (Å²) in [6.45, 7) is 17.7. The third-order valence-electron chi connectivity index (χ3n) is 13.6. The largest absolute Gasteiger partial charge is 0.494 e. The molecule has 364 valence electrons. The molecule has 0 aliphatic carbocycles. The van der Waals surface area contributed by atoms with E-state index in [2.05, 4.69) is 30.7 Å². The van der Waals surface area contributed by atoms with E-state index in [9.17, 15) is 25.2 Å². The van der Waals surface area contributed by atoms with Crippen molar-refractivity contribution in [1.29, 1.82) is 0 Å². The maximum absolute atomic E-state index is 13.6. The van der Waals surface area contributed by atoms with Gasteiger partial charge in [0.1, 0.15) is 24.6 Å².